The number of rotatable bonds is 3. The van der Waals surface area contributed by atoms with Crippen molar-refractivity contribution in [1.82, 2.24) is 10.2 Å². The predicted molar refractivity (Wildman–Crippen MR) is 55.2 cm³/mol. The minimum atomic E-state index is 0.0828. The first-order chi connectivity index (χ1) is 6.75. The van der Waals surface area contributed by atoms with Gasteiger partial charge in [-0.3, -0.25) is 4.79 Å². The molecule has 14 heavy (non-hydrogen) atoms. The Labute approximate surface area is 85.6 Å². The molecule has 1 aliphatic rings. The highest BCUT2D eigenvalue weighted by molar-refractivity contribution is 5.77. The molecule has 0 aromatic carbocycles. The summed E-state index contributed by atoms with van der Waals surface area (Å²) in [7, 11) is 3.43. The van der Waals surface area contributed by atoms with E-state index in [-0.39, 0.29) is 12.5 Å². The number of amides is 1. The Hall–Kier alpha value is -0.610. The molecular formula is C10H20N2O2. The second-order valence-electron chi connectivity index (χ2n) is 3.77. The Balaban J connectivity index is 2.40. The number of hydrogen-bond donors (Lipinski definition) is 1. The monoisotopic (exact) mass is 200 g/mol. The average molecular weight is 200 g/mol. The van der Waals surface area contributed by atoms with Crippen molar-refractivity contribution in [1.29, 1.82) is 0 Å². The largest absolute Gasteiger partial charge is 0.375 e. The summed E-state index contributed by atoms with van der Waals surface area (Å²) < 4.78 is 4.84. The molecule has 0 aromatic rings. The van der Waals surface area contributed by atoms with E-state index in [0.717, 1.165) is 32.4 Å². The Morgan fingerprint density at radius 3 is 3.00 bits per heavy atom. The van der Waals surface area contributed by atoms with Crippen LogP contribution in [-0.2, 0) is 9.53 Å². The number of nitrogens with one attached hydrogen (secondary N) is 1. The van der Waals surface area contributed by atoms with Gasteiger partial charge in [0.05, 0.1) is 0 Å². The van der Waals surface area contributed by atoms with Gasteiger partial charge in [-0.1, -0.05) is 0 Å². The van der Waals surface area contributed by atoms with Gasteiger partial charge in [-0.25, -0.2) is 0 Å². The van der Waals surface area contributed by atoms with Gasteiger partial charge in [-0.05, 0) is 32.4 Å². The molecule has 1 heterocycles. The number of methoxy groups -OCH3 is 1. The van der Waals surface area contributed by atoms with E-state index in [2.05, 4.69) is 5.32 Å². The lowest BCUT2D eigenvalue weighted by molar-refractivity contribution is -0.136. The van der Waals surface area contributed by atoms with Gasteiger partial charge in [-0.15, -0.1) is 0 Å². The van der Waals surface area contributed by atoms with Crippen LogP contribution in [0.4, 0.5) is 0 Å². The smallest absolute Gasteiger partial charge is 0.248 e. The Bertz CT molecular complexity index is 177. The van der Waals surface area contributed by atoms with Crippen LogP contribution in [0.5, 0.6) is 0 Å². The van der Waals surface area contributed by atoms with E-state index in [1.807, 2.05) is 11.9 Å². The molecule has 4 nitrogen and oxygen atoms in total. The van der Waals surface area contributed by atoms with Crippen LogP contribution in [0.2, 0.25) is 0 Å². The van der Waals surface area contributed by atoms with E-state index in [1.165, 1.54) is 0 Å². The van der Waals surface area contributed by atoms with Crippen molar-refractivity contribution >= 4 is 5.91 Å². The fraction of sp³-hybridized carbons (Fsp3) is 0.900. The molecule has 0 aromatic heterocycles. The first kappa shape index (κ1) is 11.5. The lowest BCUT2D eigenvalue weighted by atomic mass is 10.1. The van der Waals surface area contributed by atoms with Gasteiger partial charge in [-0.2, -0.15) is 0 Å². The van der Waals surface area contributed by atoms with E-state index >= 15 is 0 Å². The van der Waals surface area contributed by atoms with Crippen LogP contribution >= 0.6 is 0 Å². The fourth-order valence-corrected chi connectivity index (χ4v) is 1.82. The zero-order valence-corrected chi connectivity index (χ0v) is 9.08. The lowest BCUT2D eigenvalue weighted by Gasteiger charge is -2.26. The third-order valence-electron chi connectivity index (χ3n) is 2.75. The average Bonchev–Trinajstić information content (AvgIpc) is 2.45. The molecule has 0 spiro atoms. The molecule has 1 fully saturated rings. The Morgan fingerprint density at radius 1 is 1.50 bits per heavy atom. The molecule has 82 valence electrons. The van der Waals surface area contributed by atoms with Gasteiger partial charge in [0.15, 0.2) is 0 Å². The second kappa shape index (κ2) is 5.98. The summed E-state index contributed by atoms with van der Waals surface area (Å²) in [6.07, 6.45) is 3.29. The molecule has 4 heteroatoms. The van der Waals surface area contributed by atoms with Crippen molar-refractivity contribution in [3.63, 3.8) is 0 Å². The minimum absolute atomic E-state index is 0.0828. The number of carbonyl (C=O) groups is 1. The number of nitrogens with zero attached hydrogens (tertiary/aromatic N) is 1. The van der Waals surface area contributed by atoms with Crippen LogP contribution in [0.1, 0.15) is 19.3 Å². The molecule has 1 rings (SSSR count). The summed E-state index contributed by atoms with van der Waals surface area (Å²) in [4.78, 5) is 13.4. The first-order valence-corrected chi connectivity index (χ1v) is 5.21. The molecule has 1 atom stereocenters. The number of carbonyl (C=O) groups excluding carboxylic acids is 1. The summed E-state index contributed by atoms with van der Waals surface area (Å²) in [5.41, 5.74) is 0. The van der Waals surface area contributed by atoms with Gasteiger partial charge in [0, 0.05) is 20.2 Å². The van der Waals surface area contributed by atoms with Crippen molar-refractivity contribution in [2.45, 2.75) is 25.3 Å². The number of likely N-dealkylation sites (N-methyl/N-ethyl adjacent to an activating group) is 1. The van der Waals surface area contributed by atoms with Gasteiger partial charge in [0.2, 0.25) is 5.91 Å². The quantitative estimate of drug-likeness (QED) is 0.709. The van der Waals surface area contributed by atoms with Gasteiger partial charge < -0.3 is 15.0 Å². The summed E-state index contributed by atoms with van der Waals surface area (Å²) in [5, 5.41) is 3.33. The molecule has 1 N–H and O–H groups in total. The van der Waals surface area contributed by atoms with E-state index in [4.69, 9.17) is 4.74 Å². The molecule has 0 aliphatic carbocycles. The van der Waals surface area contributed by atoms with Crippen LogP contribution in [0, 0.1) is 0 Å². The van der Waals surface area contributed by atoms with E-state index < -0.39 is 0 Å². The number of ether oxygens (including phenoxy) is 1. The summed E-state index contributed by atoms with van der Waals surface area (Å²) in [6.45, 7) is 2.28. The van der Waals surface area contributed by atoms with Crippen LogP contribution in [-0.4, -0.2) is 50.7 Å². The standard InChI is InChI=1S/C10H20N2O2/c1-12(10(13)8-14-2)9-4-3-6-11-7-5-9/h9,11H,3-8H2,1-2H3. The van der Waals surface area contributed by atoms with Crippen LogP contribution < -0.4 is 5.32 Å². The van der Waals surface area contributed by atoms with Gasteiger partial charge >= 0.3 is 0 Å². The molecule has 0 saturated carbocycles. The van der Waals surface area contributed by atoms with Crippen molar-refractivity contribution in [3.8, 4) is 0 Å². The minimum Gasteiger partial charge on any atom is -0.375 e. The van der Waals surface area contributed by atoms with Crippen molar-refractivity contribution in [3.05, 3.63) is 0 Å². The molecule has 1 unspecified atom stereocenters. The van der Waals surface area contributed by atoms with Crippen LogP contribution in [0.3, 0.4) is 0 Å². The zero-order chi connectivity index (χ0) is 10.4. The molecular weight excluding hydrogens is 180 g/mol. The topological polar surface area (TPSA) is 41.6 Å². The van der Waals surface area contributed by atoms with E-state index in [1.54, 1.807) is 7.11 Å². The molecule has 1 saturated heterocycles. The van der Waals surface area contributed by atoms with Crippen LogP contribution in [0.25, 0.3) is 0 Å². The van der Waals surface area contributed by atoms with Crippen molar-refractivity contribution < 1.29 is 9.53 Å². The lowest BCUT2D eigenvalue weighted by Crippen LogP contribution is -2.39. The fourth-order valence-electron chi connectivity index (χ4n) is 1.82. The maximum Gasteiger partial charge on any atom is 0.248 e. The normalized spacial score (nSPS) is 22.9. The summed E-state index contributed by atoms with van der Waals surface area (Å²) in [6, 6.07) is 0.382. The SMILES string of the molecule is COCC(=O)N(C)C1CCCNCC1. The molecule has 1 amide bonds. The second-order valence-corrected chi connectivity index (χ2v) is 3.77. The van der Waals surface area contributed by atoms with Crippen molar-refractivity contribution in [2.24, 2.45) is 0 Å². The maximum atomic E-state index is 11.5. The predicted octanol–water partition coefficient (Wildman–Crippen LogP) is 0.233. The summed E-state index contributed by atoms with van der Waals surface area (Å²) >= 11 is 0. The third kappa shape index (κ3) is 3.27. The van der Waals surface area contributed by atoms with Crippen molar-refractivity contribution in [2.75, 3.05) is 33.9 Å². The Kier molecular flexibility index (Phi) is 4.90. The van der Waals surface area contributed by atoms with Crippen LogP contribution in [0.15, 0.2) is 0 Å². The highest BCUT2D eigenvalue weighted by atomic mass is 16.5. The highest BCUT2D eigenvalue weighted by Crippen LogP contribution is 2.11. The summed E-state index contributed by atoms with van der Waals surface area (Å²) in [5.74, 6) is 0.0828. The van der Waals surface area contributed by atoms with Gasteiger partial charge in [0.25, 0.3) is 0 Å². The maximum absolute atomic E-state index is 11.5. The molecule has 1 aliphatic heterocycles. The van der Waals surface area contributed by atoms with Gasteiger partial charge in [0.1, 0.15) is 6.61 Å². The Morgan fingerprint density at radius 2 is 2.29 bits per heavy atom. The molecule has 0 radical (unpaired) electrons. The third-order valence-corrected chi connectivity index (χ3v) is 2.75. The number of hydrogen-bond acceptors (Lipinski definition) is 3. The van der Waals surface area contributed by atoms with E-state index in [0.29, 0.717) is 6.04 Å². The molecule has 0 bridgehead atoms. The first-order valence-electron chi connectivity index (χ1n) is 5.21. The zero-order valence-electron chi connectivity index (χ0n) is 9.08. The van der Waals surface area contributed by atoms with E-state index in [9.17, 15) is 4.79 Å². The highest BCUT2D eigenvalue weighted by Gasteiger charge is 2.20.